The fourth-order valence-corrected chi connectivity index (χ4v) is 3.89. The minimum absolute atomic E-state index is 0.0304. The number of benzene rings is 1. The maximum Gasteiger partial charge on any atom is 0.253 e. The van der Waals surface area contributed by atoms with Crippen LogP contribution < -0.4 is 26.0 Å². The maximum atomic E-state index is 12.3. The quantitative estimate of drug-likeness (QED) is 0.614. The molecule has 0 unspecified atom stereocenters. The number of likely N-dealkylation sites (N-methyl/N-ethyl adjacent to an activating group) is 1. The average molecular weight is 394 g/mol. The fraction of sp³-hybridized carbons (Fsp3) is 0.364. The Balaban J connectivity index is 1.43. The van der Waals surface area contributed by atoms with Crippen molar-refractivity contribution in [3.8, 4) is 0 Å². The highest BCUT2D eigenvalue weighted by molar-refractivity contribution is 5.75. The first-order valence-electron chi connectivity index (χ1n) is 9.88. The van der Waals surface area contributed by atoms with Crippen LogP contribution in [0.5, 0.6) is 0 Å². The average Bonchev–Trinajstić information content (AvgIpc) is 3.28. The molecule has 4 rings (SSSR count). The molecule has 7 nitrogen and oxygen atoms in total. The maximum absolute atomic E-state index is 12.3. The zero-order valence-corrected chi connectivity index (χ0v) is 16.8. The Morgan fingerprint density at radius 3 is 2.28 bits per heavy atom. The van der Waals surface area contributed by atoms with Crippen molar-refractivity contribution in [1.82, 2.24) is 4.90 Å². The normalized spacial score (nSPS) is 15.8. The number of nitrogens with one attached hydrogen (secondary N) is 1. The zero-order valence-electron chi connectivity index (χ0n) is 16.8. The highest BCUT2D eigenvalue weighted by Crippen LogP contribution is 2.25. The first-order chi connectivity index (χ1) is 14.1. The van der Waals surface area contributed by atoms with Gasteiger partial charge in [-0.25, -0.2) is 0 Å². The Hall–Kier alpha value is -3.06. The van der Waals surface area contributed by atoms with E-state index in [9.17, 15) is 9.59 Å². The third-order valence-corrected chi connectivity index (χ3v) is 5.57. The lowest BCUT2D eigenvalue weighted by Crippen LogP contribution is -2.51. The summed E-state index contributed by atoms with van der Waals surface area (Å²) in [4.78, 5) is 30.9. The summed E-state index contributed by atoms with van der Waals surface area (Å²) in [6.45, 7) is 3.54. The van der Waals surface area contributed by atoms with Crippen LogP contribution in [-0.2, 0) is 0 Å². The van der Waals surface area contributed by atoms with Crippen LogP contribution in [0.1, 0.15) is 11.8 Å². The minimum Gasteiger partial charge on any atom is -0.468 e. The summed E-state index contributed by atoms with van der Waals surface area (Å²) in [6, 6.07) is 14.0. The van der Waals surface area contributed by atoms with Gasteiger partial charge in [-0.3, -0.25) is 14.5 Å². The Bertz CT molecular complexity index is 999. The molecule has 1 N–H and O–H groups in total. The van der Waals surface area contributed by atoms with Crippen molar-refractivity contribution in [2.45, 2.75) is 6.04 Å². The fourth-order valence-electron chi connectivity index (χ4n) is 3.89. The number of hydrogen-bond donors (Lipinski definition) is 1. The van der Waals surface area contributed by atoms with E-state index in [1.54, 1.807) is 6.26 Å². The van der Waals surface area contributed by atoms with Crippen LogP contribution in [0, 0.1) is 0 Å². The summed E-state index contributed by atoms with van der Waals surface area (Å²) in [5, 5.41) is 3.21. The van der Waals surface area contributed by atoms with E-state index >= 15 is 0 Å². The summed E-state index contributed by atoms with van der Waals surface area (Å²) >= 11 is 0. The van der Waals surface area contributed by atoms with Crippen molar-refractivity contribution in [3.05, 3.63) is 74.9 Å². The van der Waals surface area contributed by atoms with Gasteiger partial charge in [0.25, 0.3) is 10.9 Å². The Morgan fingerprint density at radius 1 is 0.966 bits per heavy atom. The van der Waals surface area contributed by atoms with Crippen LogP contribution >= 0.6 is 0 Å². The number of rotatable bonds is 7. The summed E-state index contributed by atoms with van der Waals surface area (Å²) in [7, 11) is 3.92. The molecular weight excluding hydrogens is 368 g/mol. The van der Waals surface area contributed by atoms with Crippen molar-refractivity contribution in [2.24, 2.45) is 0 Å². The molecule has 0 saturated carbocycles. The van der Waals surface area contributed by atoms with Crippen molar-refractivity contribution >= 4 is 17.1 Å². The second-order valence-electron chi connectivity index (χ2n) is 7.57. The topological polar surface area (TPSA) is 69.0 Å². The van der Waals surface area contributed by atoms with Crippen LogP contribution in [-0.4, -0.2) is 51.7 Å². The number of para-hydroxylation sites is 1. The molecule has 0 amide bonds. The Morgan fingerprint density at radius 2 is 1.66 bits per heavy atom. The number of hydrogen-bond acceptors (Lipinski definition) is 7. The summed E-state index contributed by atoms with van der Waals surface area (Å²) in [5.74, 6) is 0.819. The molecule has 0 aliphatic carbocycles. The molecule has 0 radical (unpaired) electrons. The predicted molar refractivity (Wildman–Crippen MR) is 116 cm³/mol. The van der Waals surface area contributed by atoms with Gasteiger partial charge in [-0.15, -0.1) is 0 Å². The summed E-state index contributed by atoms with van der Waals surface area (Å²) in [5.41, 5.74) is 1.33. The van der Waals surface area contributed by atoms with E-state index in [1.807, 2.05) is 54.2 Å². The molecular formula is C22H26N4O3. The number of anilines is 3. The van der Waals surface area contributed by atoms with Gasteiger partial charge < -0.3 is 19.5 Å². The van der Waals surface area contributed by atoms with E-state index in [2.05, 4.69) is 22.3 Å². The standard InChI is InChI=1S/C22H26N4O3/c1-24(2)17(18-9-6-14-29-18)15-23-19-20(22(28)21(19)27)26-12-10-25(11-13-26)16-7-4-3-5-8-16/h3-9,14,17,23H,10-13,15H2,1-2H3/t17-/m1/s1. The SMILES string of the molecule is CN(C)[C@H](CNc1c(N2CCN(c3ccccc3)CC2)c(=O)c1=O)c1ccco1. The van der Waals surface area contributed by atoms with Crippen LogP contribution in [0.25, 0.3) is 0 Å². The molecule has 3 aromatic rings. The number of nitrogens with zero attached hydrogens (tertiary/aromatic N) is 3. The van der Waals surface area contributed by atoms with Crippen molar-refractivity contribution < 1.29 is 4.42 Å². The van der Waals surface area contributed by atoms with E-state index in [-0.39, 0.29) is 11.5 Å². The van der Waals surface area contributed by atoms with E-state index < -0.39 is 5.43 Å². The molecule has 1 saturated heterocycles. The summed E-state index contributed by atoms with van der Waals surface area (Å²) in [6.07, 6.45) is 1.64. The number of piperazine rings is 1. The molecule has 2 aromatic carbocycles. The molecule has 0 spiro atoms. The molecule has 1 aliphatic rings. The van der Waals surface area contributed by atoms with Crippen LogP contribution in [0.3, 0.4) is 0 Å². The van der Waals surface area contributed by atoms with Gasteiger partial charge in [-0.1, -0.05) is 18.2 Å². The predicted octanol–water partition coefficient (Wildman–Crippen LogP) is 1.92. The van der Waals surface area contributed by atoms with Gasteiger partial charge in [-0.2, -0.15) is 0 Å². The Kier molecular flexibility index (Phi) is 5.40. The highest BCUT2D eigenvalue weighted by Gasteiger charge is 2.29. The van der Waals surface area contributed by atoms with E-state index in [4.69, 9.17) is 4.42 Å². The summed E-state index contributed by atoms with van der Waals surface area (Å²) < 4.78 is 5.52. The van der Waals surface area contributed by atoms with Crippen molar-refractivity contribution in [1.29, 1.82) is 0 Å². The molecule has 2 heterocycles. The molecule has 1 fully saturated rings. The monoisotopic (exact) mass is 394 g/mol. The van der Waals surface area contributed by atoms with Gasteiger partial charge >= 0.3 is 0 Å². The van der Waals surface area contributed by atoms with E-state index in [0.717, 1.165) is 18.8 Å². The van der Waals surface area contributed by atoms with Gasteiger partial charge in [-0.05, 0) is 38.4 Å². The lowest BCUT2D eigenvalue weighted by molar-refractivity contribution is 0.269. The molecule has 1 aliphatic heterocycles. The third kappa shape index (κ3) is 3.78. The first-order valence-corrected chi connectivity index (χ1v) is 9.88. The zero-order chi connectivity index (χ0) is 20.4. The molecule has 0 bridgehead atoms. The second-order valence-corrected chi connectivity index (χ2v) is 7.57. The lowest BCUT2D eigenvalue weighted by Gasteiger charge is -2.38. The molecule has 7 heteroatoms. The third-order valence-electron chi connectivity index (χ3n) is 5.57. The highest BCUT2D eigenvalue weighted by atomic mass is 16.3. The molecule has 1 atom stereocenters. The van der Waals surface area contributed by atoms with Gasteiger partial charge in [0.05, 0.1) is 12.3 Å². The van der Waals surface area contributed by atoms with Crippen LogP contribution in [0.4, 0.5) is 17.1 Å². The molecule has 152 valence electrons. The van der Waals surface area contributed by atoms with Gasteiger partial charge in [0.1, 0.15) is 17.1 Å². The smallest absolute Gasteiger partial charge is 0.253 e. The van der Waals surface area contributed by atoms with Crippen LogP contribution in [0.15, 0.2) is 62.7 Å². The Labute approximate surface area is 169 Å². The second kappa shape index (κ2) is 8.13. The van der Waals surface area contributed by atoms with Gasteiger partial charge in [0.15, 0.2) is 0 Å². The van der Waals surface area contributed by atoms with E-state index in [1.165, 1.54) is 5.69 Å². The van der Waals surface area contributed by atoms with Crippen LogP contribution in [0.2, 0.25) is 0 Å². The minimum atomic E-state index is -0.428. The largest absolute Gasteiger partial charge is 0.468 e. The van der Waals surface area contributed by atoms with Gasteiger partial charge in [0.2, 0.25) is 0 Å². The molecule has 1 aromatic heterocycles. The van der Waals surface area contributed by atoms with Crippen molar-refractivity contribution in [2.75, 3.05) is 61.9 Å². The van der Waals surface area contributed by atoms with E-state index in [0.29, 0.717) is 31.0 Å². The number of furan rings is 1. The molecule has 29 heavy (non-hydrogen) atoms. The lowest BCUT2D eigenvalue weighted by atomic mass is 10.1. The first kappa shape index (κ1) is 19.3. The van der Waals surface area contributed by atoms with Crippen molar-refractivity contribution in [3.63, 3.8) is 0 Å². The van der Waals surface area contributed by atoms with Gasteiger partial charge in [0, 0.05) is 38.4 Å².